The number of carbonyl (C=O) groups excluding carboxylic acids is 1. The third-order valence-electron chi connectivity index (χ3n) is 1.65. The fourth-order valence-electron chi connectivity index (χ4n) is 1.12. The Labute approximate surface area is 85.9 Å². The summed E-state index contributed by atoms with van der Waals surface area (Å²) in [5.41, 5.74) is 0.220. The molecule has 0 spiro atoms. The molecule has 1 aromatic rings. The van der Waals surface area contributed by atoms with E-state index in [1.54, 1.807) is 12.1 Å². The standard InChI is InChI=1S/C7H5NO3S.Fe/c9-7-5-3-1-2-4-6(5)12(10,11)8-7;/h1-4H,(H,8,9);. The summed E-state index contributed by atoms with van der Waals surface area (Å²) in [6, 6.07) is 6.09. The van der Waals surface area contributed by atoms with Gasteiger partial charge in [0, 0.05) is 17.1 Å². The van der Waals surface area contributed by atoms with Gasteiger partial charge in [-0.05, 0) is 12.1 Å². The van der Waals surface area contributed by atoms with E-state index in [2.05, 4.69) is 0 Å². The van der Waals surface area contributed by atoms with Crippen LogP contribution in [-0.4, -0.2) is 14.3 Å². The van der Waals surface area contributed by atoms with Crippen molar-refractivity contribution in [3.63, 3.8) is 0 Å². The minimum atomic E-state index is -3.55. The molecule has 0 bridgehead atoms. The fraction of sp³-hybridized carbons (Fsp3) is 0. The molecule has 1 aliphatic rings. The summed E-state index contributed by atoms with van der Waals surface area (Å²) in [7, 11) is -3.55. The molecule has 1 aliphatic heterocycles. The van der Waals surface area contributed by atoms with E-state index in [9.17, 15) is 13.2 Å². The van der Waals surface area contributed by atoms with E-state index in [1.165, 1.54) is 12.1 Å². The van der Waals surface area contributed by atoms with Crippen LogP contribution in [0.2, 0.25) is 0 Å². The minimum absolute atomic E-state index is 0. The molecule has 4 nitrogen and oxygen atoms in total. The van der Waals surface area contributed by atoms with Crippen LogP contribution in [0.1, 0.15) is 10.4 Å². The van der Waals surface area contributed by atoms with Crippen LogP contribution in [0.15, 0.2) is 29.2 Å². The molecule has 1 heterocycles. The Morgan fingerprint density at radius 2 is 1.77 bits per heavy atom. The molecule has 13 heavy (non-hydrogen) atoms. The molecule has 0 fully saturated rings. The zero-order valence-electron chi connectivity index (χ0n) is 6.30. The van der Waals surface area contributed by atoms with Gasteiger partial charge in [0.1, 0.15) is 4.90 Å². The molecule has 2 rings (SSSR count). The zero-order chi connectivity index (χ0) is 8.77. The van der Waals surface area contributed by atoms with Crippen LogP contribution in [0, 0.1) is 0 Å². The van der Waals surface area contributed by atoms with E-state index in [-0.39, 0.29) is 27.5 Å². The number of nitrogens with one attached hydrogen (secondary N) is 1. The summed E-state index contributed by atoms with van der Waals surface area (Å²) >= 11 is 0. The summed E-state index contributed by atoms with van der Waals surface area (Å²) in [5, 5.41) is 0. The Morgan fingerprint density at radius 1 is 1.15 bits per heavy atom. The van der Waals surface area contributed by atoms with Crippen molar-refractivity contribution in [2.45, 2.75) is 4.90 Å². The summed E-state index contributed by atoms with van der Waals surface area (Å²) in [6.45, 7) is 0. The molecule has 70 valence electrons. The van der Waals surface area contributed by atoms with Gasteiger partial charge in [-0.15, -0.1) is 0 Å². The van der Waals surface area contributed by atoms with Crippen molar-refractivity contribution in [2.75, 3.05) is 0 Å². The number of carbonyl (C=O) groups is 1. The van der Waals surface area contributed by atoms with E-state index in [4.69, 9.17) is 0 Å². The number of amides is 1. The van der Waals surface area contributed by atoms with Gasteiger partial charge < -0.3 is 0 Å². The predicted molar refractivity (Wildman–Crippen MR) is 41.1 cm³/mol. The summed E-state index contributed by atoms with van der Waals surface area (Å²) in [5.74, 6) is -0.550. The third-order valence-corrected chi connectivity index (χ3v) is 3.04. The van der Waals surface area contributed by atoms with Crippen LogP contribution in [0.4, 0.5) is 0 Å². The van der Waals surface area contributed by atoms with Gasteiger partial charge in [-0.1, -0.05) is 12.1 Å². The first-order valence-electron chi connectivity index (χ1n) is 3.27. The molecule has 0 unspecified atom stereocenters. The molecule has 1 N–H and O–H groups in total. The molecule has 1 aromatic carbocycles. The normalized spacial score (nSPS) is 17.1. The third kappa shape index (κ3) is 1.48. The predicted octanol–water partition coefficient (Wildman–Crippen LogP) is 0.116. The molecule has 0 radical (unpaired) electrons. The smallest absolute Gasteiger partial charge is 0.266 e. The van der Waals surface area contributed by atoms with Gasteiger partial charge in [-0.25, -0.2) is 13.1 Å². The van der Waals surface area contributed by atoms with Crippen molar-refractivity contribution in [2.24, 2.45) is 0 Å². The van der Waals surface area contributed by atoms with Gasteiger partial charge in [-0.2, -0.15) is 0 Å². The van der Waals surface area contributed by atoms with Gasteiger partial charge in [-0.3, -0.25) is 4.79 Å². The molecule has 0 aliphatic carbocycles. The molecule has 0 aromatic heterocycles. The number of hydrogen-bond acceptors (Lipinski definition) is 3. The van der Waals surface area contributed by atoms with Gasteiger partial charge in [0.05, 0.1) is 5.56 Å². The van der Waals surface area contributed by atoms with Gasteiger partial charge >= 0.3 is 0 Å². The van der Waals surface area contributed by atoms with Crippen LogP contribution in [0.25, 0.3) is 0 Å². The van der Waals surface area contributed by atoms with Crippen LogP contribution in [-0.2, 0) is 27.1 Å². The second-order valence-electron chi connectivity index (χ2n) is 2.43. The largest absolute Gasteiger partial charge is 0.268 e. The van der Waals surface area contributed by atoms with Crippen LogP contribution in [0.3, 0.4) is 0 Å². The van der Waals surface area contributed by atoms with Crippen LogP contribution >= 0.6 is 0 Å². The molecule has 0 saturated carbocycles. The first kappa shape index (κ1) is 10.2. The Bertz CT molecular complexity index is 455. The molecule has 6 heteroatoms. The number of benzene rings is 1. The quantitative estimate of drug-likeness (QED) is 0.654. The first-order valence-corrected chi connectivity index (χ1v) is 4.76. The van der Waals surface area contributed by atoms with Gasteiger partial charge in [0.25, 0.3) is 15.9 Å². The molecule has 0 atom stereocenters. The zero-order valence-corrected chi connectivity index (χ0v) is 8.22. The van der Waals surface area contributed by atoms with E-state index in [0.717, 1.165) is 0 Å². The number of hydrogen-bond donors (Lipinski definition) is 1. The average molecular weight is 239 g/mol. The Morgan fingerprint density at radius 3 is 2.38 bits per heavy atom. The van der Waals surface area contributed by atoms with E-state index >= 15 is 0 Å². The molecular formula is C7H5FeNO3S. The number of fused-ring (bicyclic) bond motifs is 1. The summed E-state index contributed by atoms with van der Waals surface area (Å²) in [6.07, 6.45) is 0. The number of rotatable bonds is 0. The molecular weight excluding hydrogens is 234 g/mol. The monoisotopic (exact) mass is 239 g/mol. The average Bonchev–Trinajstić information content (AvgIpc) is 2.25. The van der Waals surface area contributed by atoms with Crippen LogP contribution < -0.4 is 4.72 Å². The maximum Gasteiger partial charge on any atom is 0.266 e. The fourth-order valence-corrected chi connectivity index (χ4v) is 2.29. The number of sulfonamides is 1. The van der Waals surface area contributed by atoms with Crippen LogP contribution in [0.5, 0.6) is 0 Å². The van der Waals surface area contributed by atoms with Gasteiger partial charge in [0.15, 0.2) is 0 Å². The first-order chi connectivity index (χ1) is 5.61. The SMILES string of the molecule is O=C1NS(=O)(=O)c2ccccc21.[Fe]. The second kappa shape index (κ2) is 3.14. The summed E-state index contributed by atoms with van der Waals surface area (Å²) in [4.78, 5) is 11.1. The maximum atomic E-state index is 11.1. The molecule has 1 amide bonds. The molecule has 0 saturated heterocycles. The van der Waals surface area contributed by atoms with Crippen molar-refractivity contribution >= 4 is 15.9 Å². The Kier molecular flexibility index (Phi) is 2.47. The maximum absolute atomic E-state index is 11.1. The summed E-state index contributed by atoms with van der Waals surface area (Å²) < 4.78 is 24.2. The Balaban J connectivity index is 0.000000845. The second-order valence-corrected chi connectivity index (χ2v) is 4.08. The Hall–Kier alpha value is -0.841. The van der Waals surface area contributed by atoms with Crippen molar-refractivity contribution in [1.82, 2.24) is 4.72 Å². The van der Waals surface area contributed by atoms with E-state index in [0.29, 0.717) is 0 Å². The minimum Gasteiger partial charge on any atom is -0.268 e. The topological polar surface area (TPSA) is 63.2 Å². The van der Waals surface area contributed by atoms with Crippen molar-refractivity contribution in [3.8, 4) is 0 Å². The van der Waals surface area contributed by atoms with Crippen molar-refractivity contribution < 1.29 is 30.3 Å². The van der Waals surface area contributed by atoms with E-state index < -0.39 is 15.9 Å². The van der Waals surface area contributed by atoms with Gasteiger partial charge in [0.2, 0.25) is 0 Å². The van der Waals surface area contributed by atoms with E-state index in [1.807, 2.05) is 4.72 Å². The van der Waals surface area contributed by atoms with Crippen molar-refractivity contribution in [3.05, 3.63) is 29.8 Å². The van der Waals surface area contributed by atoms with Crippen molar-refractivity contribution in [1.29, 1.82) is 0 Å².